The van der Waals surface area contributed by atoms with Crippen molar-refractivity contribution in [3.8, 4) is 22.6 Å². The maximum atomic E-state index is 12.9. The van der Waals surface area contributed by atoms with Crippen molar-refractivity contribution in [2.45, 2.75) is 19.9 Å². The molecule has 5 rings (SSSR count). The van der Waals surface area contributed by atoms with E-state index in [1.54, 1.807) is 18.6 Å². The molecule has 5 aromatic rings. The van der Waals surface area contributed by atoms with E-state index in [4.69, 9.17) is 0 Å². The van der Waals surface area contributed by atoms with E-state index in [1.165, 1.54) is 0 Å². The van der Waals surface area contributed by atoms with Gasteiger partial charge in [-0.05, 0) is 49.7 Å². The molecule has 0 atom stereocenters. The molecule has 1 amide bonds. The molecule has 4 aromatic heterocycles. The number of aromatic amines is 1. The predicted molar refractivity (Wildman–Crippen MR) is 123 cm³/mol. The Balaban J connectivity index is 1.40. The Labute approximate surface area is 184 Å². The van der Waals surface area contributed by atoms with Gasteiger partial charge in [-0.2, -0.15) is 0 Å². The van der Waals surface area contributed by atoms with Gasteiger partial charge in [-0.1, -0.05) is 24.3 Å². The summed E-state index contributed by atoms with van der Waals surface area (Å²) in [6.45, 7) is 4.10. The molecule has 4 heterocycles. The molecular formula is C24H21N7O. The number of amides is 1. The SMILES string of the molecule is CC(C)n1cnnc1-c1cccc(NC(=O)c2cc3ccc(-c4cccnc4)cc3[nH]2)n1. The zero-order valence-corrected chi connectivity index (χ0v) is 17.6. The number of rotatable bonds is 5. The van der Waals surface area contributed by atoms with E-state index in [-0.39, 0.29) is 11.9 Å². The lowest BCUT2D eigenvalue weighted by Crippen LogP contribution is -2.13. The second-order valence-corrected chi connectivity index (χ2v) is 7.74. The Morgan fingerprint density at radius 3 is 2.78 bits per heavy atom. The highest BCUT2D eigenvalue weighted by Gasteiger charge is 2.14. The highest BCUT2D eigenvalue weighted by Crippen LogP contribution is 2.25. The highest BCUT2D eigenvalue weighted by molar-refractivity contribution is 6.05. The zero-order chi connectivity index (χ0) is 22.1. The van der Waals surface area contributed by atoms with Crippen molar-refractivity contribution in [2.24, 2.45) is 0 Å². The Hall–Kier alpha value is -4.33. The summed E-state index contributed by atoms with van der Waals surface area (Å²) < 4.78 is 1.94. The monoisotopic (exact) mass is 423 g/mol. The van der Waals surface area contributed by atoms with Crippen LogP contribution in [0.4, 0.5) is 5.82 Å². The molecule has 0 saturated heterocycles. The second kappa shape index (κ2) is 8.07. The van der Waals surface area contributed by atoms with E-state index in [9.17, 15) is 4.79 Å². The average molecular weight is 423 g/mol. The number of nitrogens with one attached hydrogen (secondary N) is 2. The number of nitrogens with zero attached hydrogens (tertiary/aromatic N) is 5. The lowest BCUT2D eigenvalue weighted by molar-refractivity contribution is 0.102. The van der Waals surface area contributed by atoms with Crippen molar-refractivity contribution in [1.82, 2.24) is 29.7 Å². The molecule has 0 radical (unpaired) electrons. The summed E-state index contributed by atoms with van der Waals surface area (Å²) in [6.07, 6.45) is 5.24. The standard InChI is InChI=1S/C24H21N7O/c1-15(2)31-14-26-30-23(31)19-6-3-7-22(28-19)29-24(32)21-12-17-9-8-16(11-20(17)27-21)18-5-4-10-25-13-18/h3-15,27H,1-2H3,(H,28,29,32). The third-order valence-electron chi connectivity index (χ3n) is 5.21. The third kappa shape index (κ3) is 3.74. The second-order valence-electron chi connectivity index (χ2n) is 7.74. The first-order valence-electron chi connectivity index (χ1n) is 10.3. The molecule has 8 nitrogen and oxygen atoms in total. The lowest BCUT2D eigenvalue weighted by Gasteiger charge is -2.10. The van der Waals surface area contributed by atoms with Crippen LogP contribution >= 0.6 is 0 Å². The number of carbonyl (C=O) groups excluding carboxylic acids is 1. The van der Waals surface area contributed by atoms with Crippen LogP contribution in [0.2, 0.25) is 0 Å². The topological polar surface area (TPSA) is 101 Å². The van der Waals surface area contributed by atoms with Crippen LogP contribution in [0.15, 0.2) is 73.3 Å². The van der Waals surface area contributed by atoms with Gasteiger partial charge >= 0.3 is 0 Å². The number of hydrogen-bond donors (Lipinski definition) is 2. The van der Waals surface area contributed by atoms with E-state index in [0.29, 0.717) is 23.0 Å². The quantitative estimate of drug-likeness (QED) is 0.426. The highest BCUT2D eigenvalue weighted by atomic mass is 16.1. The average Bonchev–Trinajstić information content (AvgIpc) is 3.47. The first-order valence-corrected chi connectivity index (χ1v) is 10.3. The van der Waals surface area contributed by atoms with Gasteiger partial charge in [0.05, 0.1) is 0 Å². The lowest BCUT2D eigenvalue weighted by atomic mass is 10.1. The van der Waals surface area contributed by atoms with Crippen LogP contribution in [0.1, 0.15) is 30.4 Å². The van der Waals surface area contributed by atoms with Crippen LogP contribution in [0.5, 0.6) is 0 Å². The minimum Gasteiger partial charge on any atom is -0.351 e. The van der Waals surface area contributed by atoms with Gasteiger partial charge in [0.25, 0.3) is 5.91 Å². The van der Waals surface area contributed by atoms with E-state index in [2.05, 4.69) is 30.5 Å². The van der Waals surface area contributed by atoms with Crippen LogP contribution in [-0.4, -0.2) is 35.6 Å². The molecule has 8 heteroatoms. The Morgan fingerprint density at radius 1 is 1.06 bits per heavy atom. The molecule has 0 aliphatic rings. The number of fused-ring (bicyclic) bond motifs is 1. The van der Waals surface area contributed by atoms with Crippen molar-refractivity contribution in [2.75, 3.05) is 5.32 Å². The smallest absolute Gasteiger partial charge is 0.273 e. The fourth-order valence-electron chi connectivity index (χ4n) is 3.58. The van der Waals surface area contributed by atoms with Crippen LogP contribution in [0.3, 0.4) is 0 Å². The zero-order valence-electron chi connectivity index (χ0n) is 17.6. The largest absolute Gasteiger partial charge is 0.351 e. The maximum absolute atomic E-state index is 12.9. The summed E-state index contributed by atoms with van der Waals surface area (Å²) in [5.41, 5.74) is 4.03. The van der Waals surface area contributed by atoms with E-state index in [0.717, 1.165) is 22.0 Å². The molecule has 0 fully saturated rings. The number of pyridine rings is 2. The number of hydrogen-bond acceptors (Lipinski definition) is 5. The molecule has 1 aromatic carbocycles. The van der Waals surface area contributed by atoms with Crippen LogP contribution in [-0.2, 0) is 0 Å². The van der Waals surface area contributed by atoms with Gasteiger partial charge in [0.15, 0.2) is 5.82 Å². The number of H-pyrrole nitrogens is 1. The van der Waals surface area contributed by atoms with Gasteiger partial charge in [-0.15, -0.1) is 10.2 Å². The number of anilines is 1. The summed E-state index contributed by atoms with van der Waals surface area (Å²) in [5.74, 6) is 0.837. The summed E-state index contributed by atoms with van der Waals surface area (Å²) >= 11 is 0. The molecule has 0 saturated carbocycles. The fraction of sp³-hybridized carbons (Fsp3) is 0.125. The number of benzene rings is 1. The molecule has 0 bridgehead atoms. The predicted octanol–water partition coefficient (Wildman–Crippen LogP) is 4.72. The number of aromatic nitrogens is 6. The molecule has 0 unspecified atom stereocenters. The first kappa shape index (κ1) is 19.6. The molecule has 0 aliphatic carbocycles. The van der Waals surface area contributed by atoms with Crippen LogP contribution in [0.25, 0.3) is 33.5 Å². The third-order valence-corrected chi connectivity index (χ3v) is 5.21. The molecule has 158 valence electrons. The van der Waals surface area contributed by atoms with Gasteiger partial charge in [-0.25, -0.2) is 4.98 Å². The summed E-state index contributed by atoms with van der Waals surface area (Å²) in [4.78, 5) is 24.8. The van der Waals surface area contributed by atoms with Crippen molar-refractivity contribution in [3.05, 3.63) is 79.0 Å². The summed E-state index contributed by atoms with van der Waals surface area (Å²) in [6, 6.07) is 17.4. The van der Waals surface area contributed by atoms with Gasteiger partial charge in [-0.3, -0.25) is 9.78 Å². The Morgan fingerprint density at radius 2 is 1.97 bits per heavy atom. The molecule has 0 aliphatic heterocycles. The van der Waals surface area contributed by atoms with E-state index in [1.807, 2.05) is 73.1 Å². The summed E-state index contributed by atoms with van der Waals surface area (Å²) in [5, 5.41) is 12.0. The molecular weight excluding hydrogens is 402 g/mol. The normalized spacial score (nSPS) is 11.2. The van der Waals surface area contributed by atoms with E-state index < -0.39 is 0 Å². The van der Waals surface area contributed by atoms with Crippen LogP contribution in [0, 0.1) is 0 Å². The van der Waals surface area contributed by atoms with Crippen molar-refractivity contribution in [3.63, 3.8) is 0 Å². The first-order chi connectivity index (χ1) is 15.6. The van der Waals surface area contributed by atoms with Crippen molar-refractivity contribution >= 4 is 22.6 Å². The Bertz CT molecular complexity index is 1400. The van der Waals surface area contributed by atoms with Crippen molar-refractivity contribution in [1.29, 1.82) is 0 Å². The number of carbonyl (C=O) groups is 1. The summed E-state index contributed by atoms with van der Waals surface area (Å²) in [7, 11) is 0. The molecule has 32 heavy (non-hydrogen) atoms. The maximum Gasteiger partial charge on any atom is 0.273 e. The molecule has 2 N–H and O–H groups in total. The van der Waals surface area contributed by atoms with E-state index >= 15 is 0 Å². The molecule has 0 spiro atoms. The van der Waals surface area contributed by atoms with Gasteiger partial charge in [0.1, 0.15) is 23.5 Å². The van der Waals surface area contributed by atoms with Gasteiger partial charge in [0.2, 0.25) is 0 Å². The van der Waals surface area contributed by atoms with Gasteiger partial charge in [0, 0.05) is 34.9 Å². The fourth-order valence-corrected chi connectivity index (χ4v) is 3.58. The Kier molecular flexibility index (Phi) is 4.95. The minimum absolute atomic E-state index is 0.197. The minimum atomic E-state index is -0.265. The van der Waals surface area contributed by atoms with Crippen molar-refractivity contribution < 1.29 is 4.79 Å². The van der Waals surface area contributed by atoms with Crippen LogP contribution < -0.4 is 5.32 Å². The van der Waals surface area contributed by atoms with Gasteiger partial charge < -0.3 is 14.9 Å².